The third-order valence-corrected chi connectivity index (χ3v) is 4.00. The molecule has 0 aromatic heterocycles. The van der Waals surface area contributed by atoms with Gasteiger partial charge < -0.3 is 4.90 Å². The molecular weight excluding hydrogens is 277 g/mol. The number of nitrogens with zero attached hydrogens (tertiary/aromatic N) is 3. The highest BCUT2D eigenvalue weighted by Crippen LogP contribution is 2.17. The van der Waals surface area contributed by atoms with Gasteiger partial charge in [0, 0.05) is 38.4 Å². The maximum absolute atomic E-state index is 13.3. The van der Waals surface area contributed by atoms with Crippen molar-refractivity contribution < 1.29 is 4.39 Å². The second kappa shape index (κ2) is 6.59. The van der Waals surface area contributed by atoms with Gasteiger partial charge in [0.05, 0.1) is 5.56 Å². The first-order chi connectivity index (χ1) is 10.8. The average molecular weight is 294 g/mol. The summed E-state index contributed by atoms with van der Waals surface area (Å²) in [5.41, 5.74) is 2.34. The minimum atomic E-state index is -0.447. The molecule has 0 unspecified atom stereocenters. The summed E-state index contributed by atoms with van der Waals surface area (Å²) in [6.45, 7) is 4.60. The summed E-state index contributed by atoms with van der Waals surface area (Å²) in [5, 5.41) is 8.90. The van der Waals surface area contributed by atoms with E-state index in [-0.39, 0.29) is 5.56 Å². The molecule has 4 heteroatoms. The zero-order chi connectivity index (χ0) is 15.4. The van der Waals surface area contributed by atoms with Gasteiger partial charge in [-0.2, -0.15) is 5.26 Å². The van der Waals surface area contributed by atoms with Crippen LogP contribution in [0.5, 0.6) is 0 Å². The van der Waals surface area contributed by atoms with Crippen LogP contribution in [0.4, 0.5) is 10.1 Å². The summed E-state index contributed by atoms with van der Waals surface area (Å²) in [5.74, 6) is -0.447. The van der Waals surface area contributed by atoms with Gasteiger partial charge in [0.25, 0.3) is 0 Å². The van der Waals surface area contributed by atoms with Gasteiger partial charge in [0.2, 0.25) is 0 Å². The van der Waals surface area contributed by atoms with E-state index in [0.717, 1.165) is 38.3 Å². The van der Waals surface area contributed by atoms with Crippen LogP contribution >= 0.6 is 0 Å². The normalized spacial score (nSPS) is 15.5. The SMILES string of the molecule is N#Cc1cc(CN2CCN(c3cc[c]cc3)CC2)ccc1F. The average Bonchev–Trinajstić information content (AvgIpc) is 2.58. The second-order valence-electron chi connectivity index (χ2n) is 5.45. The van der Waals surface area contributed by atoms with Crippen molar-refractivity contribution in [3.05, 3.63) is 65.5 Å². The highest BCUT2D eigenvalue weighted by molar-refractivity contribution is 5.46. The first-order valence-corrected chi connectivity index (χ1v) is 7.38. The van der Waals surface area contributed by atoms with E-state index in [4.69, 9.17) is 5.26 Å². The molecule has 1 aliphatic heterocycles. The van der Waals surface area contributed by atoms with Gasteiger partial charge in [-0.05, 0) is 35.9 Å². The predicted octanol–water partition coefficient (Wildman–Crippen LogP) is 2.82. The van der Waals surface area contributed by atoms with E-state index in [1.54, 1.807) is 12.1 Å². The van der Waals surface area contributed by atoms with Crippen LogP contribution < -0.4 is 4.90 Å². The lowest BCUT2D eigenvalue weighted by Gasteiger charge is -2.36. The van der Waals surface area contributed by atoms with Gasteiger partial charge in [-0.15, -0.1) is 0 Å². The lowest BCUT2D eigenvalue weighted by atomic mass is 10.1. The Bertz CT molecular complexity index is 670. The Labute approximate surface area is 130 Å². The van der Waals surface area contributed by atoms with Gasteiger partial charge >= 0.3 is 0 Å². The number of halogens is 1. The largest absolute Gasteiger partial charge is 0.369 e. The molecule has 0 aliphatic carbocycles. The van der Waals surface area contributed by atoms with Crippen molar-refractivity contribution in [2.24, 2.45) is 0 Å². The Kier molecular flexibility index (Phi) is 4.36. The lowest BCUT2D eigenvalue weighted by molar-refractivity contribution is 0.250. The number of piperazine rings is 1. The van der Waals surface area contributed by atoms with Crippen LogP contribution in [0.3, 0.4) is 0 Å². The van der Waals surface area contributed by atoms with E-state index in [2.05, 4.69) is 28.0 Å². The first kappa shape index (κ1) is 14.6. The molecule has 22 heavy (non-hydrogen) atoms. The van der Waals surface area contributed by atoms with Crippen LogP contribution in [0, 0.1) is 23.2 Å². The van der Waals surface area contributed by atoms with E-state index >= 15 is 0 Å². The van der Waals surface area contributed by atoms with E-state index in [1.807, 2.05) is 18.2 Å². The van der Waals surface area contributed by atoms with Gasteiger partial charge in [-0.25, -0.2) is 4.39 Å². The summed E-state index contributed by atoms with van der Waals surface area (Å²) in [4.78, 5) is 4.69. The van der Waals surface area contributed by atoms with Gasteiger partial charge in [-0.3, -0.25) is 4.90 Å². The minimum absolute atomic E-state index is 0.122. The van der Waals surface area contributed by atoms with Crippen molar-refractivity contribution in [1.29, 1.82) is 5.26 Å². The molecule has 1 heterocycles. The Morgan fingerprint density at radius 3 is 2.50 bits per heavy atom. The van der Waals surface area contributed by atoms with Crippen LogP contribution in [0.25, 0.3) is 0 Å². The van der Waals surface area contributed by atoms with Crippen LogP contribution in [-0.2, 0) is 6.54 Å². The molecule has 111 valence electrons. The van der Waals surface area contributed by atoms with E-state index in [1.165, 1.54) is 11.8 Å². The smallest absolute Gasteiger partial charge is 0.140 e. The molecule has 2 aromatic carbocycles. The Morgan fingerprint density at radius 2 is 1.82 bits per heavy atom. The molecule has 0 saturated carbocycles. The van der Waals surface area contributed by atoms with Crippen molar-refractivity contribution in [3.63, 3.8) is 0 Å². The Morgan fingerprint density at radius 1 is 1.09 bits per heavy atom. The molecule has 1 saturated heterocycles. The molecular formula is C18H17FN3. The minimum Gasteiger partial charge on any atom is -0.369 e. The Hall–Kier alpha value is -2.38. The summed E-state index contributed by atoms with van der Waals surface area (Å²) < 4.78 is 13.3. The number of benzene rings is 2. The van der Waals surface area contributed by atoms with Crippen LogP contribution in [0.1, 0.15) is 11.1 Å². The number of nitriles is 1. The quantitative estimate of drug-likeness (QED) is 0.872. The highest BCUT2D eigenvalue weighted by Gasteiger charge is 2.17. The summed E-state index contributed by atoms with van der Waals surface area (Å²) >= 11 is 0. The molecule has 1 aliphatic rings. The number of anilines is 1. The lowest BCUT2D eigenvalue weighted by Crippen LogP contribution is -2.45. The maximum Gasteiger partial charge on any atom is 0.140 e. The number of hydrogen-bond acceptors (Lipinski definition) is 3. The summed E-state index contributed by atoms with van der Waals surface area (Å²) in [6, 6.07) is 17.7. The third-order valence-electron chi connectivity index (χ3n) is 4.00. The van der Waals surface area contributed by atoms with Crippen molar-refractivity contribution in [2.45, 2.75) is 6.54 Å². The van der Waals surface area contributed by atoms with Crippen molar-refractivity contribution in [2.75, 3.05) is 31.1 Å². The molecule has 0 atom stereocenters. The van der Waals surface area contributed by atoms with Crippen molar-refractivity contribution >= 4 is 5.69 Å². The molecule has 0 N–H and O–H groups in total. The number of hydrogen-bond donors (Lipinski definition) is 0. The fourth-order valence-electron chi connectivity index (χ4n) is 2.77. The first-order valence-electron chi connectivity index (χ1n) is 7.38. The molecule has 3 rings (SSSR count). The molecule has 3 nitrogen and oxygen atoms in total. The predicted molar refractivity (Wildman–Crippen MR) is 83.9 cm³/mol. The van der Waals surface area contributed by atoms with E-state index < -0.39 is 5.82 Å². The molecule has 0 bridgehead atoms. The highest BCUT2D eigenvalue weighted by atomic mass is 19.1. The molecule has 0 amide bonds. The van der Waals surface area contributed by atoms with E-state index in [9.17, 15) is 4.39 Å². The zero-order valence-corrected chi connectivity index (χ0v) is 12.3. The third kappa shape index (κ3) is 3.26. The zero-order valence-electron chi connectivity index (χ0n) is 12.3. The van der Waals surface area contributed by atoms with E-state index in [0.29, 0.717) is 0 Å². The monoisotopic (exact) mass is 294 g/mol. The van der Waals surface area contributed by atoms with Crippen LogP contribution in [0.2, 0.25) is 0 Å². The molecule has 0 spiro atoms. The fourth-order valence-corrected chi connectivity index (χ4v) is 2.77. The topological polar surface area (TPSA) is 30.3 Å². The van der Waals surface area contributed by atoms with Crippen molar-refractivity contribution in [3.8, 4) is 6.07 Å². The number of rotatable bonds is 3. The molecule has 1 radical (unpaired) electrons. The van der Waals surface area contributed by atoms with Gasteiger partial charge in [0.15, 0.2) is 0 Å². The van der Waals surface area contributed by atoms with Crippen LogP contribution in [0.15, 0.2) is 42.5 Å². The molecule has 1 fully saturated rings. The second-order valence-corrected chi connectivity index (χ2v) is 5.45. The molecule has 2 aromatic rings. The summed E-state index contributed by atoms with van der Waals surface area (Å²) in [7, 11) is 0. The summed E-state index contributed by atoms with van der Waals surface area (Å²) in [6.07, 6.45) is 0. The maximum atomic E-state index is 13.3. The van der Waals surface area contributed by atoms with Crippen LogP contribution in [-0.4, -0.2) is 31.1 Å². The Balaban J connectivity index is 1.59. The fraction of sp³-hybridized carbons (Fsp3) is 0.278. The standard InChI is InChI=1S/C18H17FN3/c19-18-7-6-15(12-16(18)13-20)14-21-8-10-22(11-9-21)17-4-2-1-3-5-17/h2-7,12H,8-11,14H2. The van der Waals surface area contributed by atoms with Gasteiger partial charge in [0.1, 0.15) is 11.9 Å². The van der Waals surface area contributed by atoms with Crippen molar-refractivity contribution in [1.82, 2.24) is 4.90 Å². The van der Waals surface area contributed by atoms with Gasteiger partial charge in [-0.1, -0.05) is 18.2 Å².